The number of rotatable bonds is 4. The molecule has 23 heavy (non-hydrogen) atoms. The normalized spacial score (nSPS) is 10.7. The molecule has 118 valence electrons. The van der Waals surface area contributed by atoms with Gasteiger partial charge in [-0.25, -0.2) is 8.78 Å². The van der Waals surface area contributed by atoms with Crippen LogP contribution in [0.15, 0.2) is 47.3 Å². The lowest BCUT2D eigenvalue weighted by Gasteiger charge is -2.09. The molecule has 6 heteroatoms. The first-order valence-electron chi connectivity index (χ1n) is 6.95. The van der Waals surface area contributed by atoms with E-state index < -0.39 is 11.6 Å². The van der Waals surface area contributed by atoms with E-state index in [9.17, 15) is 13.6 Å². The summed E-state index contributed by atoms with van der Waals surface area (Å²) in [6.45, 7) is 0.116. The van der Waals surface area contributed by atoms with Gasteiger partial charge in [-0.1, -0.05) is 0 Å². The van der Waals surface area contributed by atoms with Gasteiger partial charge in [0.1, 0.15) is 17.4 Å². The third-order valence-electron chi connectivity index (χ3n) is 3.53. The number of benzene rings is 2. The maximum absolute atomic E-state index is 13.6. The molecule has 2 aromatic carbocycles. The summed E-state index contributed by atoms with van der Waals surface area (Å²) >= 11 is 0. The number of ether oxygens (including phenoxy) is 1. The summed E-state index contributed by atoms with van der Waals surface area (Å²) in [4.78, 5) is 14.8. The summed E-state index contributed by atoms with van der Waals surface area (Å²) in [6.07, 6.45) is 0. The largest absolute Gasteiger partial charge is 0.497 e. The van der Waals surface area contributed by atoms with Crippen molar-refractivity contribution in [1.29, 1.82) is 0 Å². The predicted octanol–water partition coefficient (Wildman–Crippen LogP) is 3.43. The summed E-state index contributed by atoms with van der Waals surface area (Å²) in [5.41, 5.74) is 0.996. The molecule has 2 N–H and O–H groups in total. The fourth-order valence-electron chi connectivity index (χ4n) is 2.31. The Morgan fingerprint density at radius 2 is 1.96 bits per heavy atom. The molecule has 0 aliphatic rings. The lowest BCUT2D eigenvalue weighted by atomic mass is 10.1. The summed E-state index contributed by atoms with van der Waals surface area (Å²) < 4.78 is 31.6. The van der Waals surface area contributed by atoms with Crippen molar-refractivity contribution in [2.24, 2.45) is 0 Å². The molecular weight excluding hydrogens is 302 g/mol. The molecule has 0 aliphatic heterocycles. The average Bonchev–Trinajstić information content (AvgIpc) is 2.53. The van der Waals surface area contributed by atoms with E-state index in [2.05, 4.69) is 10.3 Å². The number of hydrogen-bond acceptors (Lipinski definition) is 3. The van der Waals surface area contributed by atoms with Crippen molar-refractivity contribution in [3.63, 3.8) is 0 Å². The Labute approximate surface area is 130 Å². The van der Waals surface area contributed by atoms with Crippen molar-refractivity contribution in [1.82, 2.24) is 4.98 Å². The molecule has 0 aliphatic carbocycles. The van der Waals surface area contributed by atoms with E-state index in [1.165, 1.54) is 6.07 Å². The molecule has 0 bridgehead atoms. The average molecular weight is 316 g/mol. The second-order valence-corrected chi connectivity index (χ2v) is 5.05. The maximum Gasteiger partial charge on any atom is 0.253 e. The van der Waals surface area contributed by atoms with Crippen molar-refractivity contribution in [3.05, 3.63) is 70.0 Å². The van der Waals surface area contributed by atoms with Gasteiger partial charge in [-0.05, 0) is 36.4 Å². The number of methoxy groups -OCH3 is 1. The number of hydrogen-bond donors (Lipinski definition) is 2. The molecule has 0 unspecified atom stereocenters. The quantitative estimate of drug-likeness (QED) is 0.775. The highest BCUT2D eigenvalue weighted by Crippen LogP contribution is 2.20. The first-order valence-corrected chi connectivity index (χ1v) is 6.95. The van der Waals surface area contributed by atoms with Crippen LogP contribution in [0.1, 0.15) is 5.56 Å². The number of H-pyrrole nitrogens is 1. The van der Waals surface area contributed by atoms with Crippen LogP contribution in [-0.4, -0.2) is 12.1 Å². The molecule has 3 rings (SSSR count). The minimum Gasteiger partial charge on any atom is -0.497 e. The van der Waals surface area contributed by atoms with Gasteiger partial charge < -0.3 is 15.0 Å². The van der Waals surface area contributed by atoms with Gasteiger partial charge in [0.2, 0.25) is 0 Å². The minimum absolute atomic E-state index is 0.116. The van der Waals surface area contributed by atoms with Crippen molar-refractivity contribution < 1.29 is 13.5 Å². The van der Waals surface area contributed by atoms with Gasteiger partial charge in [0, 0.05) is 29.1 Å². The highest BCUT2D eigenvalue weighted by molar-refractivity contribution is 5.80. The Hall–Kier alpha value is -2.89. The molecule has 0 fully saturated rings. The van der Waals surface area contributed by atoms with Gasteiger partial charge in [-0.2, -0.15) is 0 Å². The van der Waals surface area contributed by atoms with E-state index in [1.54, 1.807) is 31.4 Å². The van der Waals surface area contributed by atoms with Crippen LogP contribution in [-0.2, 0) is 6.54 Å². The Morgan fingerprint density at radius 3 is 2.70 bits per heavy atom. The third-order valence-corrected chi connectivity index (χ3v) is 3.53. The van der Waals surface area contributed by atoms with Gasteiger partial charge in [-0.15, -0.1) is 0 Å². The Kier molecular flexibility index (Phi) is 3.97. The van der Waals surface area contributed by atoms with Crippen molar-refractivity contribution in [2.75, 3.05) is 12.4 Å². The lowest BCUT2D eigenvalue weighted by Crippen LogP contribution is -2.16. The van der Waals surface area contributed by atoms with E-state index in [1.807, 2.05) is 0 Å². The highest BCUT2D eigenvalue weighted by Gasteiger charge is 2.07. The molecule has 0 radical (unpaired) electrons. The van der Waals surface area contributed by atoms with Gasteiger partial charge in [0.05, 0.1) is 12.8 Å². The van der Waals surface area contributed by atoms with Gasteiger partial charge in [0.25, 0.3) is 5.56 Å². The van der Waals surface area contributed by atoms with E-state index >= 15 is 0 Å². The first kappa shape index (κ1) is 15.0. The van der Waals surface area contributed by atoms with Gasteiger partial charge in [0.15, 0.2) is 0 Å². The number of nitrogens with one attached hydrogen (secondary N) is 2. The zero-order chi connectivity index (χ0) is 16.4. The second kappa shape index (κ2) is 6.08. The molecule has 4 nitrogen and oxygen atoms in total. The standard InChI is InChI=1S/C17H14F2N2O2/c1-23-13-3-5-15-10(7-13)6-11(17(22)21-15)9-20-16-4-2-12(18)8-14(16)19/h2-8,20H,9H2,1H3,(H,21,22). The van der Waals surface area contributed by atoms with Crippen LogP contribution < -0.4 is 15.6 Å². The summed E-state index contributed by atoms with van der Waals surface area (Å²) in [5, 5.41) is 3.60. The minimum atomic E-state index is -0.705. The lowest BCUT2D eigenvalue weighted by molar-refractivity contribution is 0.415. The number of aromatic nitrogens is 1. The zero-order valence-corrected chi connectivity index (χ0v) is 12.3. The molecule has 1 heterocycles. The summed E-state index contributed by atoms with van der Waals surface area (Å²) in [6, 6.07) is 10.3. The maximum atomic E-state index is 13.6. The number of fused-ring (bicyclic) bond motifs is 1. The molecule has 0 saturated carbocycles. The number of anilines is 1. The molecule has 0 amide bonds. The second-order valence-electron chi connectivity index (χ2n) is 5.05. The fraction of sp³-hybridized carbons (Fsp3) is 0.118. The molecule has 0 saturated heterocycles. The van der Waals surface area contributed by atoms with Gasteiger partial charge in [-0.3, -0.25) is 4.79 Å². The van der Waals surface area contributed by atoms with Crippen LogP contribution in [0.3, 0.4) is 0 Å². The highest BCUT2D eigenvalue weighted by atomic mass is 19.1. The Balaban J connectivity index is 1.90. The van der Waals surface area contributed by atoms with E-state index in [0.717, 1.165) is 17.5 Å². The van der Waals surface area contributed by atoms with Crippen LogP contribution in [0.4, 0.5) is 14.5 Å². The van der Waals surface area contributed by atoms with Crippen LogP contribution in [0, 0.1) is 11.6 Å². The van der Waals surface area contributed by atoms with Crippen molar-refractivity contribution >= 4 is 16.6 Å². The molecule has 0 spiro atoms. The fourth-order valence-corrected chi connectivity index (χ4v) is 2.31. The van der Waals surface area contributed by atoms with Crippen LogP contribution in [0.25, 0.3) is 10.9 Å². The van der Waals surface area contributed by atoms with Crippen molar-refractivity contribution in [2.45, 2.75) is 6.54 Å². The zero-order valence-electron chi connectivity index (χ0n) is 12.3. The smallest absolute Gasteiger partial charge is 0.253 e. The van der Waals surface area contributed by atoms with E-state index in [-0.39, 0.29) is 17.8 Å². The van der Waals surface area contributed by atoms with E-state index in [0.29, 0.717) is 16.8 Å². The Bertz CT molecular complexity index is 922. The van der Waals surface area contributed by atoms with Crippen LogP contribution >= 0.6 is 0 Å². The van der Waals surface area contributed by atoms with Crippen molar-refractivity contribution in [3.8, 4) is 5.75 Å². The number of aromatic amines is 1. The summed E-state index contributed by atoms with van der Waals surface area (Å²) in [7, 11) is 1.56. The molecule has 1 aromatic heterocycles. The molecular formula is C17H14F2N2O2. The topological polar surface area (TPSA) is 54.1 Å². The van der Waals surface area contributed by atoms with Crippen LogP contribution in [0.2, 0.25) is 0 Å². The monoisotopic (exact) mass is 316 g/mol. The van der Waals surface area contributed by atoms with Gasteiger partial charge >= 0.3 is 0 Å². The number of halogens is 2. The molecule has 3 aromatic rings. The van der Waals surface area contributed by atoms with Crippen LogP contribution in [0.5, 0.6) is 5.75 Å². The third kappa shape index (κ3) is 3.15. The first-order chi connectivity index (χ1) is 11.1. The Morgan fingerprint density at radius 1 is 1.13 bits per heavy atom. The SMILES string of the molecule is COc1ccc2[nH]c(=O)c(CNc3ccc(F)cc3F)cc2c1. The van der Waals surface area contributed by atoms with E-state index in [4.69, 9.17) is 4.74 Å². The molecule has 0 atom stereocenters. The number of pyridine rings is 1. The summed E-state index contributed by atoms with van der Waals surface area (Å²) in [5.74, 6) is -0.680. The predicted molar refractivity (Wildman–Crippen MR) is 84.8 cm³/mol.